The number of unbranched alkanes of at least 4 members (excludes halogenated alkanes) is 1. The van der Waals surface area contributed by atoms with E-state index in [1.165, 1.54) is 0 Å². The number of hydrogen-bond acceptors (Lipinski definition) is 4. The van der Waals surface area contributed by atoms with E-state index in [2.05, 4.69) is 22.0 Å². The molecule has 0 aliphatic rings. The summed E-state index contributed by atoms with van der Waals surface area (Å²) in [7, 11) is 1.98. The van der Waals surface area contributed by atoms with Gasteiger partial charge in [0.15, 0.2) is 5.84 Å². The Hall–Kier alpha value is -1.78. The van der Waals surface area contributed by atoms with Gasteiger partial charge in [-0.3, -0.25) is 0 Å². The monoisotopic (exact) mass is 250 g/mol. The first kappa shape index (κ1) is 14.3. The molecule has 3 N–H and O–H groups in total. The average Bonchev–Trinajstić information content (AvgIpc) is 2.34. The number of rotatable bonds is 5. The van der Waals surface area contributed by atoms with Gasteiger partial charge in [0, 0.05) is 19.3 Å². The van der Waals surface area contributed by atoms with Crippen LogP contribution in [0.4, 0.5) is 5.82 Å². The fraction of sp³-hybridized carbons (Fsp3) is 0.538. The van der Waals surface area contributed by atoms with Gasteiger partial charge in [-0.25, -0.2) is 4.98 Å². The molecular formula is C13H22N4O. The predicted molar refractivity (Wildman–Crippen MR) is 74.4 cm³/mol. The average molecular weight is 250 g/mol. The Kier molecular flexibility index (Phi) is 4.95. The van der Waals surface area contributed by atoms with Crippen LogP contribution in [0.5, 0.6) is 0 Å². The Morgan fingerprint density at radius 2 is 2.17 bits per heavy atom. The molecule has 0 saturated heterocycles. The maximum atomic E-state index is 8.88. The minimum absolute atomic E-state index is 0.110. The van der Waals surface area contributed by atoms with Crippen molar-refractivity contribution in [3.05, 3.63) is 22.9 Å². The van der Waals surface area contributed by atoms with Crippen molar-refractivity contribution in [3.63, 3.8) is 0 Å². The van der Waals surface area contributed by atoms with Crippen LogP contribution in [0.1, 0.15) is 36.6 Å². The third-order valence-electron chi connectivity index (χ3n) is 2.90. The van der Waals surface area contributed by atoms with Gasteiger partial charge in [-0.15, -0.1) is 0 Å². The molecule has 0 spiro atoms. The van der Waals surface area contributed by atoms with Crippen LogP contribution in [0.25, 0.3) is 0 Å². The number of nitrogens with two attached hydrogens (primary N) is 1. The van der Waals surface area contributed by atoms with Crippen LogP contribution in [-0.4, -0.2) is 29.6 Å². The van der Waals surface area contributed by atoms with E-state index in [1.807, 2.05) is 27.0 Å². The summed E-state index contributed by atoms with van der Waals surface area (Å²) in [6.07, 6.45) is 2.20. The molecule has 0 atom stereocenters. The second kappa shape index (κ2) is 6.23. The second-order valence-corrected chi connectivity index (χ2v) is 4.54. The third-order valence-corrected chi connectivity index (χ3v) is 2.90. The van der Waals surface area contributed by atoms with Gasteiger partial charge in [-0.1, -0.05) is 18.5 Å². The van der Waals surface area contributed by atoms with Gasteiger partial charge in [-0.2, -0.15) is 0 Å². The minimum atomic E-state index is 0.110. The van der Waals surface area contributed by atoms with Crippen molar-refractivity contribution in [1.82, 2.24) is 4.98 Å². The van der Waals surface area contributed by atoms with Crippen molar-refractivity contribution in [2.75, 3.05) is 18.5 Å². The molecule has 0 aliphatic carbocycles. The quantitative estimate of drug-likeness (QED) is 0.363. The highest BCUT2D eigenvalue weighted by Crippen LogP contribution is 2.21. The highest BCUT2D eigenvalue weighted by Gasteiger charge is 2.16. The van der Waals surface area contributed by atoms with E-state index in [1.54, 1.807) is 0 Å². The van der Waals surface area contributed by atoms with E-state index < -0.39 is 0 Å². The van der Waals surface area contributed by atoms with Crippen molar-refractivity contribution < 1.29 is 5.21 Å². The normalized spacial score (nSPS) is 11.7. The fourth-order valence-corrected chi connectivity index (χ4v) is 1.96. The highest BCUT2D eigenvalue weighted by molar-refractivity contribution is 6.02. The summed E-state index contributed by atoms with van der Waals surface area (Å²) < 4.78 is 0. The van der Waals surface area contributed by atoms with E-state index in [-0.39, 0.29) is 5.84 Å². The lowest BCUT2D eigenvalue weighted by molar-refractivity contribution is 0.318. The second-order valence-electron chi connectivity index (χ2n) is 4.54. The number of anilines is 1. The van der Waals surface area contributed by atoms with Crippen LogP contribution < -0.4 is 10.6 Å². The molecule has 0 amide bonds. The molecule has 0 unspecified atom stereocenters. The van der Waals surface area contributed by atoms with E-state index in [4.69, 9.17) is 10.9 Å². The molecule has 0 bridgehead atoms. The van der Waals surface area contributed by atoms with Crippen molar-refractivity contribution in [2.24, 2.45) is 10.9 Å². The summed E-state index contributed by atoms with van der Waals surface area (Å²) in [6, 6.07) is 1.94. The summed E-state index contributed by atoms with van der Waals surface area (Å²) >= 11 is 0. The van der Waals surface area contributed by atoms with Crippen LogP contribution in [0.3, 0.4) is 0 Å². The molecule has 0 radical (unpaired) electrons. The number of pyridine rings is 1. The van der Waals surface area contributed by atoms with Crippen molar-refractivity contribution >= 4 is 11.7 Å². The molecule has 0 aliphatic heterocycles. The minimum Gasteiger partial charge on any atom is -0.409 e. The largest absolute Gasteiger partial charge is 0.409 e. The first-order valence-electron chi connectivity index (χ1n) is 6.18. The SMILES string of the molecule is CCCCN(C)c1nc(C)cc(C)c1C(N)=NO. The van der Waals surface area contributed by atoms with Crippen LogP contribution in [-0.2, 0) is 0 Å². The molecular weight excluding hydrogens is 228 g/mol. The molecule has 1 rings (SSSR count). The standard InChI is InChI=1S/C13H22N4O/c1-5-6-7-17(4)13-11(12(14)16-18)9(2)8-10(3)15-13/h8,18H,5-7H2,1-4H3,(H2,14,16). The third kappa shape index (κ3) is 3.12. The van der Waals surface area contributed by atoms with Crippen LogP contribution >= 0.6 is 0 Å². The lowest BCUT2D eigenvalue weighted by Crippen LogP contribution is -2.26. The van der Waals surface area contributed by atoms with Crippen molar-refractivity contribution in [1.29, 1.82) is 0 Å². The number of nitrogens with zero attached hydrogens (tertiary/aromatic N) is 3. The van der Waals surface area contributed by atoms with Gasteiger partial charge in [-0.05, 0) is 31.9 Å². The van der Waals surface area contributed by atoms with Gasteiger partial charge in [0.25, 0.3) is 0 Å². The topological polar surface area (TPSA) is 74.7 Å². The molecule has 1 aromatic heterocycles. The van der Waals surface area contributed by atoms with Gasteiger partial charge < -0.3 is 15.8 Å². The van der Waals surface area contributed by atoms with Crippen LogP contribution in [0.15, 0.2) is 11.2 Å². The summed E-state index contributed by atoms with van der Waals surface area (Å²) in [6.45, 7) is 6.94. The number of aromatic nitrogens is 1. The Balaban J connectivity index is 3.23. The molecule has 0 aromatic carbocycles. The first-order chi connectivity index (χ1) is 8.51. The summed E-state index contributed by atoms with van der Waals surface area (Å²) in [5.41, 5.74) is 8.36. The van der Waals surface area contributed by atoms with Gasteiger partial charge in [0.1, 0.15) is 5.82 Å². The zero-order valence-electron chi connectivity index (χ0n) is 11.6. The predicted octanol–water partition coefficient (Wildman–Crippen LogP) is 2.03. The molecule has 0 saturated carbocycles. The zero-order chi connectivity index (χ0) is 13.7. The lowest BCUT2D eigenvalue weighted by Gasteiger charge is -2.22. The maximum Gasteiger partial charge on any atom is 0.174 e. The smallest absolute Gasteiger partial charge is 0.174 e. The Morgan fingerprint density at radius 3 is 2.72 bits per heavy atom. The molecule has 5 nitrogen and oxygen atoms in total. The first-order valence-corrected chi connectivity index (χ1v) is 6.18. The molecule has 18 heavy (non-hydrogen) atoms. The molecule has 100 valence electrons. The number of hydrogen-bond donors (Lipinski definition) is 2. The maximum absolute atomic E-state index is 8.88. The van der Waals surface area contributed by atoms with E-state index in [9.17, 15) is 0 Å². The summed E-state index contributed by atoms with van der Waals surface area (Å²) in [4.78, 5) is 6.56. The van der Waals surface area contributed by atoms with Gasteiger partial charge >= 0.3 is 0 Å². The Bertz CT molecular complexity index is 443. The van der Waals surface area contributed by atoms with E-state index in [0.717, 1.165) is 36.5 Å². The lowest BCUT2D eigenvalue weighted by atomic mass is 10.1. The molecule has 0 fully saturated rings. The number of oxime groups is 1. The Morgan fingerprint density at radius 1 is 1.50 bits per heavy atom. The van der Waals surface area contributed by atoms with E-state index in [0.29, 0.717) is 5.56 Å². The van der Waals surface area contributed by atoms with Gasteiger partial charge in [0.05, 0.1) is 5.56 Å². The number of amidine groups is 1. The Labute approximate surface area is 108 Å². The van der Waals surface area contributed by atoms with Gasteiger partial charge in [0.2, 0.25) is 0 Å². The summed E-state index contributed by atoms with van der Waals surface area (Å²) in [5.74, 6) is 0.884. The molecule has 1 heterocycles. The van der Waals surface area contributed by atoms with Crippen molar-refractivity contribution in [3.8, 4) is 0 Å². The van der Waals surface area contributed by atoms with E-state index >= 15 is 0 Å². The van der Waals surface area contributed by atoms with Crippen LogP contribution in [0.2, 0.25) is 0 Å². The zero-order valence-corrected chi connectivity index (χ0v) is 11.6. The number of aryl methyl sites for hydroxylation is 2. The fourth-order valence-electron chi connectivity index (χ4n) is 1.96. The molecule has 5 heteroatoms. The van der Waals surface area contributed by atoms with Crippen molar-refractivity contribution in [2.45, 2.75) is 33.6 Å². The highest BCUT2D eigenvalue weighted by atomic mass is 16.4. The van der Waals surface area contributed by atoms with Crippen LogP contribution in [0, 0.1) is 13.8 Å². The summed E-state index contributed by atoms with van der Waals surface area (Å²) in [5, 5.41) is 12.0. The molecule has 1 aromatic rings.